The summed E-state index contributed by atoms with van der Waals surface area (Å²) in [6.45, 7) is 0. The van der Waals surface area contributed by atoms with Crippen LogP contribution in [0.15, 0.2) is 312 Å². The smallest absolute Gasteiger partial charge is 0.136 e. The first-order valence-electron chi connectivity index (χ1n) is 29.6. The molecule has 0 N–H and O–H groups in total. The Morgan fingerprint density at radius 2 is 0.500 bits per heavy atom. The minimum absolute atomic E-state index is 0.874. The predicted molar refractivity (Wildman–Crippen MR) is 364 cm³/mol. The Morgan fingerprint density at radius 1 is 0.151 bits per heavy atom. The molecule has 398 valence electrons. The lowest BCUT2D eigenvalue weighted by molar-refractivity contribution is 0.669. The zero-order valence-electron chi connectivity index (χ0n) is 46.7. The zero-order chi connectivity index (χ0) is 56.4. The van der Waals surface area contributed by atoms with Crippen molar-refractivity contribution >= 4 is 109 Å². The third-order valence-corrected chi connectivity index (χ3v) is 18.2. The Morgan fingerprint density at radius 3 is 1.02 bits per heavy atom. The van der Waals surface area contributed by atoms with Crippen molar-refractivity contribution < 1.29 is 8.83 Å². The maximum absolute atomic E-state index is 6.85. The standard InChI is InChI=1S/C84H50O2/c1-3-17-51(18-4-1)52-31-33-54(34-32-52)81-65-23-9-11-25-67(65)82(68-26-12-10-24-66(68)81)60-39-41-64-76-46-62-43-57(35-36-59(62)48-80(76)86-78(64)49-60)58-37-42-73(74(44-58)53-19-5-2-6-20-53)84-71-29-15-13-27-69(71)83(70-28-14-16-30-72(70)84)61-38-40-63-75-45-55-21-7-8-22-56(55)47-79(75)85-77(63)50-61/h1-50H. The van der Waals surface area contributed by atoms with Crippen LogP contribution < -0.4 is 0 Å². The largest absolute Gasteiger partial charge is 0.456 e. The van der Waals surface area contributed by atoms with E-state index in [4.69, 9.17) is 8.83 Å². The van der Waals surface area contributed by atoms with Crippen molar-refractivity contribution in [1.82, 2.24) is 0 Å². The van der Waals surface area contributed by atoms with Gasteiger partial charge in [0.15, 0.2) is 0 Å². The molecule has 18 aromatic rings. The van der Waals surface area contributed by atoms with E-state index in [9.17, 15) is 0 Å². The van der Waals surface area contributed by atoms with Crippen LogP contribution in [0.2, 0.25) is 0 Å². The molecule has 0 aliphatic rings. The van der Waals surface area contributed by atoms with Crippen LogP contribution in [0.1, 0.15) is 0 Å². The number of benzene rings is 16. The Hall–Kier alpha value is -11.3. The molecule has 0 spiro atoms. The summed E-state index contributed by atoms with van der Waals surface area (Å²) in [5.74, 6) is 0. The van der Waals surface area contributed by atoms with Crippen LogP contribution in [0.25, 0.3) is 186 Å². The van der Waals surface area contributed by atoms with E-state index < -0.39 is 0 Å². The van der Waals surface area contributed by atoms with Gasteiger partial charge in [-0.05, 0) is 203 Å². The molecular weight excluding hydrogens is 1040 g/mol. The van der Waals surface area contributed by atoms with Crippen LogP contribution in [0.4, 0.5) is 0 Å². The lowest BCUT2D eigenvalue weighted by Crippen LogP contribution is -1.93. The van der Waals surface area contributed by atoms with Gasteiger partial charge in [-0.3, -0.25) is 0 Å². The zero-order valence-corrected chi connectivity index (χ0v) is 46.7. The second-order valence-electron chi connectivity index (χ2n) is 23.0. The van der Waals surface area contributed by atoms with Crippen LogP contribution in [0.5, 0.6) is 0 Å². The summed E-state index contributed by atoms with van der Waals surface area (Å²) >= 11 is 0. The van der Waals surface area contributed by atoms with Crippen molar-refractivity contribution in [3.8, 4) is 77.9 Å². The maximum atomic E-state index is 6.85. The highest BCUT2D eigenvalue weighted by molar-refractivity contribution is 6.25. The quantitative estimate of drug-likeness (QED) is 0.149. The van der Waals surface area contributed by atoms with Gasteiger partial charge in [0.1, 0.15) is 22.3 Å². The normalized spacial score (nSPS) is 12.0. The topological polar surface area (TPSA) is 26.3 Å². The molecular formula is C84H50O2. The van der Waals surface area contributed by atoms with Crippen LogP contribution in [-0.4, -0.2) is 0 Å². The highest BCUT2D eigenvalue weighted by Gasteiger charge is 2.23. The molecule has 0 saturated heterocycles. The van der Waals surface area contributed by atoms with Gasteiger partial charge in [-0.25, -0.2) is 0 Å². The Bertz CT molecular complexity index is 5690. The number of fused-ring (bicyclic) bond motifs is 12. The molecule has 0 atom stereocenters. The average molecular weight is 1090 g/mol. The second kappa shape index (κ2) is 19.1. The van der Waals surface area contributed by atoms with E-state index in [0.29, 0.717) is 0 Å². The molecule has 2 nitrogen and oxygen atoms in total. The summed E-state index contributed by atoms with van der Waals surface area (Å²) in [6.07, 6.45) is 0. The molecule has 16 aromatic carbocycles. The molecule has 0 radical (unpaired) electrons. The number of hydrogen-bond acceptors (Lipinski definition) is 2. The second-order valence-corrected chi connectivity index (χ2v) is 23.0. The Balaban J connectivity index is 0.740. The van der Waals surface area contributed by atoms with Gasteiger partial charge in [0, 0.05) is 21.5 Å². The first-order valence-corrected chi connectivity index (χ1v) is 29.6. The third-order valence-electron chi connectivity index (χ3n) is 18.2. The van der Waals surface area contributed by atoms with Crippen molar-refractivity contribution in [3.05, 3.63) is 303 Å². The Kier molecular flexibility index (Phi) is 10.7. The van der Waals surface area contributed by atoms with Crippen LogP contribution in [0, 0.1) is 0 Å². The van der Waals surface area contributed by atoms with E-state index in [-0.39, 0.29) is 0 Å². The van der Waals surface area contributed by atoms with Crippen molar-refractivity contribution in [1.29, 1.82) is 0 Å². The molecule has 0 aliphatic carbocycles. The number of hydrogen-bond donors (Lipinski definition) is 0. The van der Waals surface area contributed by atoms with Gasteiger partial charge < -0.3 is 8.83 Å². The average Bonchev–Trinajstić information content (AvgIpc) is 1.25. The van der Waals surface area contributed by atoms with E-state index in [1.54, 1.807) is 0 Å². The SMILES string of the molecule is c1ccc(-c2ccc(-c3c4ccccc4c(-c4ccc5c(c4)oc4cc6ccc(-c7ccc(-c8c9ccccc9c(-c9ccc%10c(c9)oc9cc%11ccccc%11cc9%10)c9ccccc89)c(-c8ccccc8)c7)cc6cc45)c4ccccc34)cc2)cc1. The Labute approximate surface area is 495 Å². The molecule has 0 amide bonds. The molecule has 0 aliphatic heterocycles. The van der Waals surface area contributed by atoms with E-state index >= 15 is 0 Å². The van der Waals surface area contributed by atoms with Gasteiger partial charge in [0.05, 0.1) is 0 Å². The van der Waals surface area contributed by atoms with Gasteiger partial charge in [0.2, 0.25) is 0 Å². The molecule has 0 unspecified atom stereocenters. The molecule has 0 bridgehead atoms. The van der Waals surface area contributed by atoms with E-state index in [2.05, 4.69) is 303 Å². The minimum Gasteiger partial charge on any atom is -0.456 e. The fourth-order valence-corrected chi connectivity index (χ4v) is 14.2. The van der Waals surface area contributed by atoms with E-state index in [0.717, 1.165) is 71.5 Å². The fraction of sp³-hybridized carbons (Fsp3) is 0. The molecule has 0 fully saturated rings. The molecule has 2 heterocycles. The lowest BCUT2D eigenvalue weighted by atomic mass is 9.83. The van der Waals surface area contributed by atoms with Crippen molar-refractivity contribution in [2.45, 2.75) is 0 Å². The van der Waals surface area contributed by atoms with Crippen LogP contribution in [0.3, 0.4) is 0 Å². The first kappa shape index (κ1) is 48.2. The third kappa shape index (κ3) is 7.60. The van der Waals surface area contributed by atoms with Gasteiger partial charge >= 0.3 is 0 Å². The summed E-state index contributed by atoms with van der Waals surface area (Å²) < 4.78 is 13.5. The highest BCUT2D eigenvalue weighted by Crippen LogP contribution is 2.49. The highest BCUT2D eigenvalue weighted by atomic mass is 16.3. The monoisotopic (exact) mass is 1090 g/mol. The molecule has 2 aromatic heterocycles. The summed E-state index contributed by atoms with van der Waals surface area (Å²) in [7, 11) is 0. The molecule has 86 heavy (non-hydrogen) atoms. The van der Waals surface area contributed by atoms with Crippen LogP contribution in [-0.2, 0) is 0 Å². The molecule has 18 rings (SSSR count). The van der Waals surface area contributed by atoms with E-state index in [1.165, 1.54) is 115 Å². The summed E-state index contributed by atoms with van der Waals surface area (Å²) in [5, 5.41) is 18.9. The van der Waals surface area contributed by atoms with Gasteiger partial charge in [-0.2, -0.15) is 0 Å². The first-order chi connectivity index (χ1) is 42.6. The van der Waals surface area contributed by atoms with Crippen molar-refractivity contribution in [3.63, 3.8) is 0 Å². The number of furan rings is 2. The lowest BCUT2D eigenvalue weighted by Gasteiger charge is -2.20. The molecule has 2 heteroatoms. The van der Waals surface area contributed by atoms with Gasteiger partial charge in [0.25, 0.3) is 0 Å². The van der Waals surface area contributed by atoms with Gasteiger partial charge in [-0.15, -0.1) is 0 Å². The molecule has 0 saturated carbocycles. The minimum atomic E-state index is 0.874. The van der Waals surface area contributed by atoms with E-state index in [1.807, 2.05) is 0 Å². The summed E-state index contributed by atoms with van der Waals surface area (Å²) in [6, 6.07) is 111. The summed E-state index contributed by atoms with van der Waals surface area (Å²) in [4.78, 5) is 0. The number of rotatable bonds is 7. The van der Waals surface area contributed by atoms with Crippen molar-refractivity contribution in [2.24, 2.45) is 0 Å². The fourth-order valence-electron chi connectivity index (χ4n) is 14.2. The maximum Gasteiger partial charge on any atom is 0.136 e. The van der Waals surface area contributed by atoms with Gasteiger partial charge in [-0.1, -0.05) is 243 Å². The predicted octanol–water partition coefficient (Wildman–Crippen LogP) is 24.1. The van der Waals surface area contributed by atoms with Crippen LogP contribution >= 0.6 is 0 Å². The summed E-state index contributed by atoms with van der Waals surface area (Å²) in [5.41, 5.74) is 20.2. The van der Waals surface area contributed by atoms with Crippen molar-refractivity contribution in [2.75, 3.05) is 0 Å².